The summed E-state index contributed by atoms with van der Waals surface area (Å²) in [6.45, 7) is -1.74. The van der Waals surface area contributed by atoms with Crippen LogP contribution in [0.1, 0.15) is 95.5 Å². The molecule has 0 aliphatic heterocycles. The van der Waals surface area contributed by atoms with E-state index in [0.717, 1.165) is 0 Å². The monoisotopic (exact) mass is 1180 g/mol. The van der Waals surface area contributed by atoms with E-state index in [9.17, 15) is 9.59 Å². The van der Waals surface area contributed by atoms with Gasteiger partial charge in [-0.3, -0.25) is 0 Å². The second kappa shape index (κ2) is 24.4. The van der Waals surface area contributed by atoms with Gasteiger partial charge >= 0.3 is 35.8 Å². The number of hydrogen-bond acceptors (Lipinski definition) is 12. The van der Waals surface area contributed by atoms with Crippen LogP contribution in [-0.4, -0.2) is 35.8 Å². The van der Waals surface area contributed by atoms with Crippen LogP contribution in [0.2, 0.25) is 0 Å². The maximum Gasteiger partial charge on any atom is 0.340 e. The van der Waals surface area contributed by atoms with E-state index in [2.05, 4.69) is 0 Å². The first-order valence-corrected chi connectivity index (χ1v) is 24.6. The fourth-order valence-electron chi connectivity index (χ4n) is 7.64. The van der Waals surface area contributed by atoms with Gasteiger partial charge in [0, 0.05) is 17.9 Å². The van der Waals surface area contributed by atoms with E-state index in [1.54, 1.807) is 227 Å². The number of carbonyl (C=O) groups excluding carboxylic acids is 6. The summed E-state index contributed by atoms with van der Waals surface area (Å²) < 4.78 is 35.3. The molecule has 0 atom stereocenters. The van der Waals surface area contributed by atoms with Crippen LogP contribution in [-0.2, 0) is 68.1 Å². The number of rotatable bonds is 18. The standard InChI is InChI=1S/C58H42I2O12/c59-51-48(56(64)70-34-40-25-13-4-14-26-40)44-43(45(53(61)67-31-37-19-7-1-8-20-37)49(51)57(65)71-35-41-27-15-5-16-28-41)47(55(63)69-33-39-23-11-3-12-24-39)52(60)50(58(66)72-36-42-29-17-6-18-30-42)46(44)54(62)68-32-38-21-9-2-10-22-38/h1-30H,31-36H2. The van der Waals surface area contributed by atoms with Gasteiger partial charge in [0.1, 0.15) is 39.6 Å². The molecule has 8 rings (SSSR count). The fraction of sp³-hybridized carbons (Fsp3) is 0.103. The Morgan fingerprint density at radius 1 is 0.250 bits per heavy atom. The number of ether oxygens (including phenoxy) is 6. The van der Waals surface area contributed by atoms with Crippen molar-refractivity contribution in [3.63, 3.8) is 0 Å². The van der Waals surface area contributed by atoms with Gasteiger partial charge in [-0.25, -0.2) is 28.8 Å². The number of esters is 6. The van der Waals surface area contributed by atoms with E-state index in [1.165, 1.54) is 0 Å². The van der Waals surface area contributed by atoms with Crippen molar-refractivity contribution >= 4 is 91.8 Å². The molecule has 8 aromatic rings. The minimum atomic E-state index is -1.14. The number of hydrogen-bond donors (Lipinski definition) is 0. The van der Waals surface area contributed by atoms with Gasteiger partial charge < -0.3 is 28.4 Å². The topological polar surface area (TPSA) is 158 Å². The molecule has 0 amide bonds. The Kier molecular flexibility index (Phi) is 17.2. The summed E-state index contributed by atoms with van der Waals surface area (Å²) in [5.74, 6) is -6.67. The number of benzene rings is 8. The first-order valence-electron chi connectivity index (χ1n) is 22.4. The van der Waals surface area contributed by atoms with Crippen molar-refractivity contribution in [2.45, 2.75) is 39.6 Å². The third-order valence-electron chi connectivity index (χ3n) is 11.1. The largest absolute Gasteiger partial charge is 0.457 e. The Morgan fingerprint density at radius 3 is 0.611 bits per heavy atom. The number of halogens is 2. The molecule has 0 heterocycles. The molecule has 8 aromatic carbocycles. The molecule has 0 saturated heterocycles. The Balaban J connectivity index is 1.46. The first-order chi connectivity index (χ1) is 35.1. The van der Waals surface area contributed by atoms with Gasteiger partial charge in [0.15, 0.2) is 0 Å². The van der Waals surface area contributed by atoms with Crippen molar-refractivity contribution in [1.82, 2.24) is 0 Å². The van der Waals surface area contributed by atoms with Crippen LogP contribution in [0.25, 0.3) is 10.8 Å². The molecule has 0 bridgehead atoms. The van der Waals surface area contributed by atoms with Crippen molar-refractivity contribution in [1.29, 1.82) is 0 Å². The van der Waals surface area contributed by atoms with Crippen LogP contribution in [0.5, 0.6) is 0 Å². The van der Waals surface area contributed by atoms with E-state index in [-0.39, 0.29) is 46.8 Å². The quantitative estimate of drug-likeness (QED) is 0.0456. The fourth-order valence-corrected chi connectivity index (χ4v) is 9.60. The van der Waals surface area contributed by atoms with Crippen LogP contribution < -0.4 is 0 Å². The highest BCUT2D eigenvalue weighted by Gasteiger charge is 2.41. The smallest absolute Gasteiger partial charge is 0.340 e. The minimum absolute atomic E-state index is 0.228. The SMILES string of the molecule is O=C(OCc1ccccc1)c1c(I)c(C(=O)OCc2ccccc2)c2c(C(=O)OCc3ccccc3)c(C(=O)OCc3ccccc3)c(I)c(C(=O)OCc3ccccc3)c2c1C(=O)OCc1ccccc1. The summed E-state index contributed by atoms with van der Waals surface area (Å²) in [7, 11) is 0. The summed E-state index contributed by atoms with van der Waals surface area (Å²) in [5, 5.41) is -0.888. The average molecular weight is 1180 g/mol. The highest BCUT2D eigenvalue weighted by molar-refractivity contribution is 14.1. The lowest BCUT2D eigenvalue weighted by Gasteiger charge is -2.24. The molecule has 14 heteroatoms. The molecule has 0 saturated carbocycles. The molecule has 0 spiro atoms. The van der Waals surface area contributed by atoms with Gasteiger partial charge in [0.25, 0.3) is 0 Å². The minimum Gasteiger partial charge on any atom is -0.457 e. The molecule has 0 aliphatic carbocycles. The lowest BCUT2D eigenvalue weighted by atomic mass is 9.85. The molecule has 0 aliphatic rings. The molecule has 0 aromatic heterocycles. The number of fused-ring (bicyclic) bond motifs is 1. The summed E-state index contributed by atoms with van der Waals surface area (Å²) in [6.07, 6.45) is 0. The van der Waals surface area contributed by atoms with Gasteiger partial charge in [-0.1, -0.05) is 182 Å². The third-order valence-corrected chi connectivity index (χ3v) is 13.3. The number of carbonyl (C=O) groups is 6. The van der Waals surface area contributed by atoms with Crippen molar-refractivity contribution in [2.75, 3.05) is 0 Å². The van der Waals surface area contributed by atoms with Crippen molar-refractivity contribution in [3.05, 3.63) is 256 Å². The molecule has 0 unspecified atom stereocenters. The van der Waals surface area contributed by atoms with Crippen LogP contribution >= 0.6 is 45.2 Å². The Labute approximate surface area is 441 Å². The van der Waals surface area contributed by atoms with Gasteiger partial charge in [-0.05, 0) is 78.6 Å². The molecule has 72 heavy (non-hydrogen) atoms. The summed E-state index contributed by atoms with van der Waals surface area (Å²) in [4.78, 5) is 90.5. The third kappa shape index (κ3) is 12.2. The van der Waals surface area contributed by atoms with Crippen LogP contribution in [0.15, 0.2) is 182 Å². The Bertz CT molecular complexity index is 3030. The van der Waals surface area contributed by atoms with E-state index >= 15 is 19.2 Å². The van der Waals surface area contributed by atoms with E-state index in [0.29, 0.717) is 33.4 Å². The summed E-state index contributed by atoms with van der Waals surface area (Å²) in [5.41, 5.74) is 0.479. The highest BCUT2D eigenvalue weighted by Crippen LogP contribution is 2.43. The van der Waals surface area contributed by atoms with Crippen LogP contribution in [0, 0.1) is 7.14 Å². The van der Waals surface area contributed by atoms with Crippen molar-refractivity contribution < 1.29 is 57.2 Å². The van der Waals surface area contributed by atoms with E-state index < -0.39 is 80.0 Å². The zero-order valence-corrected chi connectivity index (χ0v) is 42.5. The van der Waals surface area contributed by atoms with Crippen molar-refractivity contribution in [2.24, 2.45) is 0 Å². The molecule has 0 N–H and O–H groups in total. The van der Waals surface area contributed by atoms with Gasteiger partial charge in [-0.15, -0.1) is 0 Å². The second-order valence-corrected chi connectivity index (χ2v) is 18.2. The molecule has 0 radical (unpaired) electrons. The highest BCUT2D eigenvalue weighted by atomic mass is 127. The maximum atomic E-state index is 15.2. The lowest BCUT2D eigenvalue weighted by molar-refractivity contribution is 0.0416. The van der Waals surface area contributed by atoms with Crippen molar-refractivity contribution in [3.8, 4) is 0 Å². The second-order valence-electron chi connectivity index (χ2n) is 16.0. The maximum absolute atomic E-state index is 15.2. The molecule has 12 nitrogen and oxygen atoms in total. The van der Waals surface area contributed by atoms with E-state index in [1.807, 2.05) is 0 Å². The van der Waals surface area contributed by atoms with Crippen LogP contribution in [0.3, 0.4) is 0 Å². The molecule has 360 valence electrons. The summed E-state index contributed by atoms with van der Waals surface area (Å²) in [6, 6.07) is 52.5. The van der Waals surface area contributed by atoms with Gasteiger partial charge in [0.2, 0.25) is 0 Å². The zero-order chi connectivity index (χ0) is 50.4. The average Bonchev–Trinajstić information content (AvgIpc) is 3.42. The summed E-state index contributed by atoms with van der Waals surface area (Å²) >= 11 is 3.44. The normalized spacial score (nSPS) is 10.8. The molecule has 0 fully saturated rings. The van der Waals surface area contributed by atoms with Crippen LogP contribution in [0.4, 0.5) is 0 Å². The predicted octanol–water partition coefficient (Wildman–Crippen LogP) is 12.2. The molecular weight excluding hydrogens is 1140 g/mol. The van der Waals surface area contributed by atoms with Gasteiger partial charge in [0.05, 0.1) is 33.4 Å². The Morgan fingerprint density at radius 2 is 0.417 bits per heavy atom. The lowest BCUT2D eigenvalue weighted by Crippen LogP contribution is -2.26. The predicted molar refractivity (Wildman–Crippen MR) is 283 cm³/mol. The zero-order valence-electron chi connectivity index (χ0n) is 38.2. The first kappa shape index (κ1) is 50.7. The Hall–Kier alpha value is -7.70. The van der Waals surface area contributed by atoms with E-state index in [4.69, 9.17) is 28.4 Å². The molecular formula is C58H42I2O12. The van der Waals surface area contributed by atoms with Gasteiger partial charge in [-0.2, -0.15) is 0 Å².